The van der Waals surface area contributed by atoms with Crippen LogP contribution in [0, 0.1) is 22.6 Å². The largest absolute Gasteiger partial charge is 0.393 e. The van der Waals surface area contributed by atoms with Crippen molar-refractivity contribution in [1.82, 2.24) is 5.32 Å². The first-order valence-electron chi connectivity index (χ1n) is 6.66. The minimum Gasteiger partial charge on any atom is -0.393 e. The number of aliphatic hydroxyl groups excluding tert-OH is 1. The number of rotatable bonds is 5. The van der Waals surface area contributed by atoms with Crippen molar-refractivity contribution in [2.75, 3.05) is 11.9 Å². The number of urea groups is 1. The van der Waals surface area contributed by atoms with Gasteiger partial charge in [0.15, 0.2) is 0 Å². The summed E-state index contributed by atoms with van der Waals surface area (Å²) in [5.74, 6) is -0.532. The van der Waals surface area contributed by atoms with Gasteiger partial charge in [0.05, 0.1) is 17.4 Å². The number of aliphatic hydroxyl groups is 1. The Morgan fingerprint density at radius 2 is 2.19 bits per heavy atom. The number of carbonyl (C=O) groups is 1. The molecule has 2 amide bonds. The molecule has 0 spiro atoms. The molecule has 0 saturated heterocycles. The zero-order valence-corrected chi connectivity index (χ0v) is 12.4. The Balaban J connectivity index is 2.61. The van der Waals surface area contributed by atoms with Gasteiger partial charge in [-0.15, -0.1) is 0 Å². The Morgan fingerprint density at radius 3 is 2.76 bits per heavy atom. The molecule has 0 saturated carbocycles. The van der Waals surface area contributed by atoms with E-state index in [1.807, 2.05) is 19.9 Å². The van der Waals surface area contributed by atoms with Gasteiger partial charge >= 0.3 is 6.03 Å². The van der Waals surface area contributed by atoms with Crippen LogP contribution < -0.4 is 10.6 Å². The van der Waals surface area contributed by atoms with E-state index in [0.29, 0.717) is 13.0 Å². The molecule has 0 aliphatic rings. The van der Waals surface area contributed by atoms with E-state index in [0.717, 1.165) is 6.07 Å². The summed E-state index contributed by atoms with van der Waals surface area (Å²) in [6.45, 7) is 5.92. The number of benzene rings is 1. The van der Waals surface area contributed by atoms with Crippen molar-refractivity contribution in [3.05, 3.63) is 29.6 Å². The van der Waals surface area contributed by atoms with Gasteiger partial charge < -0.3 is 15.7 Å². The molecule has 1 aromatic rings. The summed E-state index contributed by atoms with van der Waals surface area (Å²) in [6, 6.07) is 4.93. The molecule has 1 aromatic carbocycles. The lowest BCUT2D eigenvalue weighted by Gasteiger charge is -2.26. The summed E-state index contributed by atoms with van der Waals surface area (Å²) in [4.78, 5) is 11.8. The summed E-state index contributed by atoms with van der Waals surface area (Å²) in [7, 11) is 0. The highest BCUT2D eigenvalue weighted by Crippen LogP contribution is 2.21. The first-order chi connectivity index (χ1) is 9.73. The summed E-state index contributed by atoms with van der Waals surface area (Å²) >= 11 is 0. The first-order valence-corrected chi connectivity index (χ1v) is 6.66. The highest BCUT2D eigenvalue weighted by Gasteiger charge is 2.21. The average molecular weight is 293 g/mol. The monoisotopic (exact) mass is 293 g/mol. The van der Waals surface area contributed by atoms with E-state index in [1.54, 1.807) is 6.92 Å². The third-order valence-electron chi connectivity index (χ3n) is 2.93. The van der Waals surface area contributed by atoms with Crippen LogP contribution in [0.2, 0.25) is 0 Å². The minimum absolute atomic E-state index is 0.0633. The summed E-state index contributed by atoms with van der Waals surface area (Å²) in [5, 5.41) is 23.5. The lowest BCUT2D eigenvalue weighted by Crippen LogP contribution is -2.38. The molecule has 0 aliphatic heterocycles. The Morgan fingerprint density at radius 1 is 1.52 bits per heavy atom. The molecule has 0 heterocycles. The van der Waals surface area contributed by atoms with Gasteiger partial charge in [-0.05, 0) is 37.0 Å². The molecule has 5 nitrogen and oxygen atoms in total. The van der Waals surface area contributed by atoms with Gasteiger partial charge in [-0.2, -0.15) is 5.26 Å². The topological polar surface area (TPSA) is 85.2 Å². The molecule has 1 atom stereocenters. The lowest BCUT2D eigenvalue weighted by molar-refractivity contribution is 0.129. The number of hydrogen-bond acceptors (Lipinski definition) is 3. The maximum atomic E-state index is 13.0. The van der Waals surface area contributed by atoms with Crippen LogP contribution in [0.4, 0.5) is 14.9 Å². The van der Waals surface area contributed by atoms with Gasteiger partial charge in [-0.1, -0.05) is 13.8 Å². The smallest absolute Gasteiger partial charge is 0.319 e. The highest BCUT2D eigenvalue weighted by atomic mass is 19.1. The number of nitriles is 1. The zero-order chi connectivity index (χ0) is 16.0. The summed E-state index contributed by atoms with van der Waals surface area (Å²) < 4.78 is 13.0. The fourth-order valence-electron chi connectivity index (χ4n) is 2.08. The van der Waals surface area contributed by atoms with Crippen molar-refractivity contribution in [3.63, 3.8) is 0 Å². The molecule has 21 heavy (non-hydrogen) atoms. The quantitative estimate of drug-likeness (QED) is 0.780. The second kappa shape index (κ2) is 7.04. The van der Waals surface area contributed by atoms with Crippen molar-refractivity contribution < 1.29 is 14.3 Å². The maximum Gasteiger partial charge on any atom is 0.319 e. The zero-order valence-electron chi connectivity index (χ0n) is 12.4. The predicted molar refractivity (Wildman–Crippen MR) is 78.2 cm³/mol. The molecule has 0 fully saturated rings. The number of carbonyl (C=O) groups excluding carboxylic acids is 1. The fraction of sp³-hybridized carbons (Fsp3) is 0.467. The SMILES string of the molecule is CC(O)CC(C)(C)CNC(=O)Nc1ccc(F)cc1C#N. The molecule has 0 radical (unpaired) electrons. The first kappa shape index (κ1) is 16.9. The number of halogens is 1. The fourth-order valence-corrected chi connectivity index (χ4v) is 2.08. The van der Waals surface area contributed by atoms with Crippen molar-refractivity contribution in [3.8, 4) is 6.07 Å². The molecule has 1 rings (SSSR count). The van der Waals surface area contributed by atoms with Gasteiger partial charge in [0.25, 0.3) is 0 Å². The van der Waals surface area contributed by atoms with Crippen LogP contribution in [-0.2, 0) is 0 Å². The van der Waals surface area contributed by atoms with Crippen LogP contribution in [0.5, 0.6) is 0 Å². The Kier molecular flexibility index (Phi) is 5.68. The van der Waals surface area contributed by atoms with Gasteiger partial charge in [-0.3, -0.25) is 0 Å². The van der Waals surface area contributed by atoms with Crippen LogP contribution in [0.15, 0.2) is 18.2 Å². The maximum absolute atomic E-state index is 13.0. The van der Waals surface area contributed by atoms with E-state index < -0.39 is 18.0 Å². The summed E-state index contributed by atoms with van der Waals surface area (Å²) in [6.07, 6.45) is 0.0972. The molecular weight excluding hydrogens is 273 g/mol. The number of amides is 2. The third-order valence-corrected chi connectivity index (χ3v) is 2.93. The normalized spacial score (nSPS) is 12.4. The standard InChI is InChI=1S/C15H20FN3O2/c1-10(20)7-15(2,3)9-18-14(21)19-13-5-4-12(16)6-11(13)8-17/h4-6,10,20H,7,9H2,1-3H3,(H2,18,19,21). The van der Waals surface area contributed by atoms with Gasteiger partial charge in [-0.25, -0.2) is 9.18 Å². The average Bonchev–Trinajstić information content (AvgIpc) is 2.37. The van der Waals surface area contributed by atoms with Crippen molar-refractivity contribution in [2.45, 2.75) is 33.3 Å². The van der Waals surface area contributed by atoms with E-state index in [4.69, 9.17) is 5.26 Å². The molecule has 6 heteroatoms. The Labute approximate surface area is 123 Å². The molecule has 0 bridgehead atoms. The van der Waals surface area contributed by atoms with E-state index in [2.05, 4.69) is 10.6 Å². The van der Waals surface area contributed by atoms with Gasteiger partial charge in [0.1, 0.15) is 11.9 Å². The molecule has 0 aromatic heterocycles. The predicted octanol–water partition coefficient (Wildman–Crippen LogP) is 2.62. The van der Waals surface area contributed by atoms with E-state index in [1.165, 1.54) is 12.1 Å². The molecule has 3 N–H and O–H groups in total. The number of nitrogens with one attached hydrogen (secondary N) is 2. The molecule has 1 unspecified atom stereocenters. The van der Waals surface area contributed by atoms with E-state index >= 15 is 0 Å². The van der Waals surface area contributed by atoms with Crippen LogP contribution >= 0.6 is 0 Å². The van der Waals surface area contributed by atoms with Crippen LogP contribution in [0.25, 0.3) is 0 Å². The second-order valence-corrected chi connectivity index (χ2v) is 5.83. The number of anilines is 1. The number of hydrogen-bond donors (Lipinski definition) is 3. The minimum atomic E-state index is -0.532. The van der Waals surface area contributed by atoms with Crippen molar-refractivity contribution in [1.29, 1.82) is 5.26 Å². The molecule has 114 valence electrons. The van der Waals surface area contributed by atoms with Crippen LogP contribution in [0.3, 0.4) is 0 Å². The third kappa shape index (κ3) is 5.79. The van der Waals surface area contributed by atoms with Gasteiger partial charge in [0.2, 0.25) is 0 Å². The molecular formula is C15H20FN3O2. The van der Waals surface area contributed by atoms with Gasteiger partial charge in [0, 0.05) is 6.54 Å². The lowest BCUT2D eigenvalue weighted by atomic mass is 9.87. The van der Waals surface area contributed by atoms with Crippen molar-refractivity contribution >= 4 is 11.7 Å². The Hall–Kier alpha value is -2.13. The summed E-state index contributed by atoms with van der Waals surface area (Å²) in [5.41, 5.74) is 0.0601. The van der Waals surface area contributed by atoms with E-state index in [9.17, 15) is 14.3 Å². The molecule has 0 aliphatic carbocycles. The second-order valence-electron chi connectivity index (χ2n) is 5.83. The number of nitrogens with zero attached hydrogens (tertiary/aromatic N) is 1. The van der Waals surface area contributed by atoms with Crippen molar-refractivity contribution in [2.24, 2.45) is 5.41 Å². The van der Waals surface area contributed by atoms with Crippen LogP contribution in [-0.4, -0.2) is 23.8 Å². The van der Waals surface area contributed by atoms with Crippen LogP contribution in [0.1, 0.15) is 32.8 Å². The van der Waals surface area contributed by atoms with E-state index in [-0.39, 0.29) is 16.7 Å². The highest BCUT2D eigenvalue weighted by molar-refractivity contribution is 5.90. The Bertz CT molecular complexity index is 550.